The number of hydrogen-bond acceptors (Lipinski definition) is 4. The summed E-state index contributed by atoms with van der Waals surface area (Å²) in [6.07, 6.45) is 5.27. The number of methoxy groups -OCH3 is 2. The molecule has 0 aromatic heterocycles. The van der Waals surface area contributed by atoms with Gasteiger partial charge in [0.2, 0.25) is 0 Å². The van der Waals surface area contributed by atoms with Crippen LogP contribution in [0.15, 0.2) is 46.0 Å². The number of rotatable bonds is 6. The monoisotopic (exact) mass is 422 g/mol. The summed E-state index contributed by atoms with van der Waals surface area (Å²) in [4.78, 5) is 13.0. The highest BCUT2D eigenvalue weighted by Gasteiger charge is 2.18. The first-order chi connectivity index (χ1) is 11.8. The summed E-state index contributed by atoms with van der Waals surface area (Å²) in [6, 6.07) is 5.69. The van der Waals surface area contributed by atoms with E-state index in [1.54, 1.807) is 11.8 Å². The Morgan fingerprint density at radius 3 is 2.64 bits per heavy atom. The minimum Gasteiger partial charge on any atom is -0.503 e. The summed E-state index contributed by atoms with van der Waals surface area (Å²) in [5.41, 5.74) is 1.14. The number of hydrogen-bond donors (Lipinski definition) is 0. The Morgan fingerprint density at radius 1 is 1.32 bits per heavy atom. The molecular formula is C20H23BrO3S. The van der Waals surface area contributed by atoms with Gasteiger partial charge in [-0.05, 0) is 48.8 Å². The van der Waals surface area contributed by atoms with Crippen LogP contribution in [-0.2, 0) is 14.3 Å². The maximum absolute atomic E-state index is 12.0. The van der Waals surface area contributed by atoms with Crippen molar-refractivity contribution in [3.8, 4) is 11.8 Å². The summed E-state index contributed by atoms with van der Waals surface area (Å²) < 4.78 is 10.8. The van der Waals surface area contributed by atoms with Crippen molar-refractivity contribution in [1.82, 2.24) is 0 Å². The van der Waals surface area contributed by atoms with Crippen LogP contribution in [0.2, 0.25) is 0 Å². The maximum atomic E-state index is 12.0. The van der Waals surface area contributed by atoms with Crippen molar-refractivity contribution in [2.24, 2.45) is 5.41 Å². The van der Waals surface area contributed by atoms with Crippen LogP contribution in [0.4, 0.5) is 0 Å². The van der Waals surface area contributed by atoms with Gasteiger partial charge in [0.15, 0.2) is 0 Å². The molecule has 1 aromatic rings. The molecule has 0 aliphatic heterocycles. The van der Waals surface area contributed by atoms with Crippen molar-refractivity contribution >= 4 is 39.2 Å². The van der Waals surface area contributed by atoms with Gasteiger partial charge >= 0.3 is 5.97 Å². The average molecular weight is 423 g/mol. The Labute approximate surface area is 163 Å². The molecule has 0 heterocycles. The normalized spacial score (nSPS) is 11.8. The van der Waals surface area contributed by atoms with E-state index in [0.717, 1.165) is 20.7 Å². The van der Waals surface area contributed by atoms with Crippen LogP contribution in [0, 0.1) is 17.3 Å². The van der Waals surface area contributed by atoms with Crippen molar-refractivity contribution in [3.05, 3.63) is 46.6 Å². The smallest absolute Gasteiger partial charge is 0.341 e. The van der Waals surface area contributed by atoms with Gasteiger partial charge in [-0.25, -0.2) is 4.79 Å². The zero-order valence-electron chi connectivity index (χ0n) is 15.2. The molecule has 0 saturated heterocycles. The van der Waals surface area contributed by atoms with Crippen LogP contribution in [0.3, 0.4) is 0 Å². The van der Waals surface area contributed by atoms with Crippen molar-refractivity contribution in [2.45, 2.75) is 25.7 Å². The van der Waals surface area contributed by atoms with Crippen LogP contribution >= 0.6 is 27.7 Å². The molecule has 1 rings (SSSR count). The molecule has 5 heteroatoms. The number of thioether (sulfide) groups is 1. The maximum Gasteiger partial charge on any atom is 0.341 e. The Kier molecular flexibility index (Phi) is 8.88. The highest BCUT2D eigenvalue weighted by atomic mass is 79.9. The van der Waals surface area contributed by atoms with Crippen molar-refractivity contribution in [2.75, 3.05) is 20.0 Å². The van der Waals surface area contributed by atoms with Gasteiger partial charge < -0.3 is 9.47 Å². The Morgan fingerprint density at radius 2 is 2.04 bits per heavy atom. The topological polar surface area (TPSA) is 35.5 Å². The molecule has 0 atom stereocenters. The van der Waals surface area contributed by atoms with Gasteiger partial charge in [0.1, 0.15) is 5.57 Å². The number of halogens is 1. The largest absolute Gasteiger partial charge is 0.503 e. The van der Waals surface area contributed by atoms with Crippen LogP contribution in [0.1, 0.15) is 26.3 Å². The first-order valence-electron chi connectivity index (χ1n) is 7.71. The number of benzene rings is 1. The van der Waals surface area contributed by atoms with Gasteiger partial charge in [0.25, 0.3) is 0 Å². The zero-order chi connectivity index (χ0) is 18.9. The highest BCUT2D eigenvalue weighted by molar-refractivity contribution is 9.10. The summed E-state index contributed by atoms with van der Waals surface area (Å²) in [6.45, 7) is 6.23. The van der Waals surface area contributed by atoms with E-state index >= 15 is 0 Å². The van der Waals surface area contributed by atoms with E-state index in [4.69, 9.17) is 9.47 Å². The fourth-order valence-electron chi connectivity index (χ4n) is 1.81. The third-order valence-corrected chi connectivity index (χ3v) is 4.88. The fourth-order valence-corrected chi connectivity index (χ4v) is 3.42. The van der Waals surface area contributed by atoms with Crippen LogP contribution in [0.5, 0.6) is 0 Å². The van der Waals surface area contributed by atoms with Crippen LogP contribution in [-0.4, -0.2) is 25.9 Å². The predicted molar refractivity (Wildman–Crippen MR) is 108 cm³/mol. The molecule has 0 spiro atoms. The van der Waals surface area contributed by atoms with Crippen molar-refractivity contribution in [3.63, 3.8) is 0 Å². The van der Waals surface area contributed by atoms with E-state index < -0.39 is 5.97 Å². The Hall–Kier alpha value is -1.64. The van der Waals surface area contributed by atoms with E-state index in [1.165, 1.54) is 20.5 Å². The average Bonchev–Trinajstić information content (AvgIpc) is 2.55. The molecule has 0 aliphatic rings. The number of carbonyl (C=O) groups excluding carboxylic acids is 1. The standard InChI is InChI=1S/C20H23BrO3S/c1-20(2,3)12-7-6-8-13-25-18-15(10-9-11-17(18)21)16(14-23-4)19(22)24-5/h6,8-11,14H,13H2,1-5H3/b8-6+,16-14+. The van der Waals surface area contributed by atoms with Gasteiger partial charge in [-0.2, -0.15) is 0 Å². The zero-order valence-corrected chi connectivity index (χ0v) is 17.6. The molecule has 0 unspecified atom stereocenters. The van der Waals surface area contributed by atoms with Crippen LogP contribution in [0.25, 0.3) is 5.57 Å². The molecule has 25 heavy (non-hydrogen) atoms. The fraction of sp³-hybridized carbons (Fsp3) is 0.350. The molecule has 0 bridgehead atoms. The quantitative estimate of drug-likeness (QED) is 0.204. The third kappa shape index (κ3) is 7.41. The molecule has 0 amide bonds. The Balaban J connectivity index is 3.00. The van der Waals surface area contributed by atoms with Gasteiger partial charge in [0, 0.05) is 26.1 Å². The lowest BCUT2D eigenvalue weighted by Crippen LogP contribution is -2.06. The predicted octanol–water partition coefficient (Wildman–Crippen LogP) is 5.31. The van der Waals surface area contributed by atoms with E-state index in [1.807, 2.05) is 30.4 Å². The summed E-state index contributed by atoms with van der Waals surface area (Å²) >= 11 is 5.16. The number of esters is 1. The number of carbonyl (C=O) groups is 1. The first kappa shape index (κ1) is 21.4. The molecule has 0 radical (unpaired) electrons. The van der Waals surface area contributed by atoms with Crippen molar-refractivity contribution in [1.29, 1.82) is 0 Å². The minimum absolute atomic E-state index is 0.00647. The van der Waals surface area contributed by atoms with E-state index in [9.17, 15) is 4.79 Å². The second kappa shape index (κ2) is 10.4. The molecule has 1 aromatic carbocycles. The lowest BCUT2D eigenvalue weighted by molar-refractivity contribution is -0.133. The molecule has 0 saturated carbocycles. The second-order valence-corrected chi connectivity index (χ2v) is 7.99. The highest BCUT2D eigenvalue weighted by Crippen LogP contribution is 2.35. The molecular weight excluding hydrogens is 400 g/mol. The molecule has 3 nitrogen and oxygen atoms in total. The van der Waals surface area contributed by atoms with E-state index in [-0.39, 0.29) is 5.41 Å². The molecule has 0 N–H and O–H groups in total. The SMILES string of the molecule is CO/C=C(/C(=O)OC)c1cccc(Br)c1SC/C=C/C#CC(C)(C)C. The number of allylic oxidation sites excluding steroid dienone is 1. The minimum atomic E-state index is -0.437. The number of ether oxygens (including phenoxy) is 2. The van der Waals surface area contributed by atoms with Gasteiger partial charge in [-0.3, -0.25) is 0 Å². The Bertz CT molecular complexity index is 719. The van der Waals surface area contributed by atoms with Gasteiger partial charge in [0.05, 0.1) is 20.5 Å². The molecule has 0 aliphatic carbocycles. The lowest BCUT2D eigenvalue weighted by atomic mass is 9.98. The van der Waals surface area contributed by atoms with Crippen molar-refractivity contribution < 1.29 is 14.3 Å². The lowest BCUT2D eigenvalue weighted by Gasteiger charge is -2.12. The summed E-state index contributed by atoms with van der Waals surface area (Å²) in [5, 5.41) is 0. The first-order valence-corrected chi connectivity index (χ1v) is 9.48. The molecule has 134 valence electrons. The summed E-state index contributed by atoms with van der Waals surface area (Å²) in [5.74, 6) is 6.50. The van der Waals surface area contributed by atoms with E-state index in [2.05, 4.69) is 48.5 Å². The van der Waals surface area contributed by atoms with Crippen LogP contribution < -0.4 is 0 Å². The van der Waals surface area contributed by atoms with E-state index in [0.29, 0.717) is 5.57 Å². The van der Waals surface area contributed by atoms with Gasteiger partial charge in [-0.15, -0.1) is 11.8 Å². The van der Waals surface area contributed by atoms with Gasteiger partial charge in [-0.1, -0.05) is 30.0 Å². The summed E-state index contributed by atoms with van der Waals surface area (Å²) in [7, 11) is 2.86. The molecule has 0 fully saturated rings. The second-order valence-electron chi connectivity index (χ2n) is 6.11. The third-order valence-electron chi connectivity index (χ3n) is 2.87.